The molecule has 4 aromatic carbocycles. The second-order valence-electron chi connectivity index (χ2n) is 8.69. The molecule has 41 heavy (non-hydrogen) atoms. The lowest BCUT2D eigenvalue weighted by Crippen LogP contribution is -2.17. The Labute approximate surface area is 237 Å². The zero-order chi connectivity index (χ0) is 29.0. The number of nitrogens with zero attached hydrogens (tertiary/aromatic N) is 2. The third kappa shape index (κ3) is 8.06. The fourth-order valence-corrected chi connectivity index (χ4v) is 3.76. The Morgan fingerprint density at radius 1 is 0.829 bits per heavy atom. The lowest BCUT2D eigenvalue weighted by atomic mass is 10.2. The monoisotopic (exact) mass is 555 g/mol. The molecule has 0 aliphatic carbocycles. The number of nitrogens with one attached hydrogen (secondary N) is 1. The van der Waals surface area contributed by atoms with E-state index in [0.717, 1.165) is 11.1 Å². The topological polar surface area (TPSA) is 122 Å². The number of carbonyl (C=O) groups is 1. The second-order valence-corrected chi connectivity index (χ2v) is 8.69. The molecule has 4 rings (SSSR count). The average Bonchev–Trinajstić information content (AvgIpc) is 3.00. The number of ether oxygens (including phenoxy) is 4. The molecule has 1 N–H and O–H groups in total. The third-order valence-corrected chi connectivity index (χ3v) is 5.85. The van der Waals surface area contributed by atoms with E-state index in [0.29, 0.717) is 47.3 Å². The summed E-state index contributed by atoms with van der Waals surface area (Å²) in [5.41, 5.74) is 5.36. The standard InChI is InChI=1S/C31H29N3O7/c1-3-39-30-17-24(11-15-28(30)41-21-23-9-13-26(14-10-23)34(36)37)19-32-33-31(35)25-12-16-27(29(18-25)38-2)40-20-22-7-5-4-6-8-22/h4-19H,3,20-21H2,1-2H3,(H,33,35)/b32-19+. The summed E-state index contributed by atoms with van der Waals surface area (Å²) in [4.78, 5) is 23.1. The van der Waals surface area contributed by atoms with Crippen LogP contribution in [0, 0.1) is 10.1 Å². The second kappa shape index (κ2) is 14.1. The highest BCUT2D eigenvalue weighted by molar-refractivity contribution is 5.95. The molecule has 0 atom stereocenters. The van der Waals surface area contributed by atoms with Crippen molar-refractivity contribution in [3.05, 3.63) is 123 Å². The first kappa shape index (κ1) is 28.6. The zero-order valence-corrected chi connectivity index (χ0v) is 22.6. The van der Waals surface area contributed by atoms with Crippen LogP contribution in [0.25, 0.3) is 0 Å². The van der Waals surface area contributed by atoms with E-state index in [9.17, 15) is 14.9 Å². The van der Waals surface area contributed by atoms with Gasteiger partial charge in [-0.05, 0) is 72.1 Å². The van der Waals surface area contributed by atoms with Gasteiger partial charge in [-0.2, -0.15) is 5.10 Å². The van der Waals surface area contributed by atoms with Gasteiger partial charge in [0.05, 0.1) is 24.9 Å². The van der Waals surface area contributed by atoms with Gasteiger partial charge in [0.2, 0.25) is 0 Å². The van der Waals surface area contributed by atoms with Gasteiger partial charge in [-0.25, -0.2) is 5.43 Å². The molecule has 0 aliphatic rings. The van der Waals surface area contributed by atoms with Gasteiger partial charge >= 0.3 is 0 Å². The Bertz CT molecular complexity index is 1510. The SMILES string of the molecule is CCOc1cc(/C=N/NC(=O)c2ccc(OCc3ccccc3)c(OC)c2)ccc1OCc1ccc([N+](=O)[O-])cc1. The Balaban J connectivity index is 1.36. The van der Waals surface area contributed by atoms with Crippen molar-refractivity contribution in [3.8, 4) is 23.0 Å². The summed E-state index contributed by atoms with van der Waals surface area (Å²) in [5.74, 6) is 1.55. The molecule has 0 spiro atoms. The van der Waals surface area contributed by atoms with Crippen LogP contribution in [0.4, 0.5) is 5.69 Å². The molecule has 210 valence electrons. The van der Waals surface area contributed by atoms with Crippen molar-refractivity contribution in [2.75, 3.05) is 13.7 Å². The summed E-state index contributed by atoms with van der Waals surface area (Å²) in [6.07, 6.45) is 1.50. The average molecular weight is 556 g/mol. The number of nitro benzene ring substituents is 1. The van der Waals surface area contributed by atoms with E-state index >= 15 is 0 Å². The molecule has 4 aromatic rings. The van der Waals surface area contributed by atoms with Gasteiger partial charge < -0.3 is 18.9 Å². The lowest BCUT2D eigenvalue weighted by molar-refractivity contribution is -0.384. The molecule has 0 fully saturated rings. The molecule has 0 saturated carbocycles. The maximum Gasteiger partial charge on any atom is 0.271 e. The largest absolute Gasteiger partial charge is 0.493 e. The summed E-state index contributed by atoms with van der Waals surface area (Å²) in [6, 6.07) is 26.1. The van der Waals surface area contributed by atoms with E-state index in [1.54, 1.807) is 48.5 Å². The molecule has 0 aromatic heterocycles. The van der Waals surface area contributed by atoms with Crippen LogP contribution in [-0.2, 0) is 13.2 Å². The van der Waals surface area contributed by atoms with E-state index in [1.165, 1.54) is 25.5 Å². The van der Waals surface area contributed by atoms with Crippen LogP contribution < -0.4 is 24.4 Å². The first-order chi connectivity index (χ1) is 20.0. The number of carbonyl (C=O) groups excluding carboxylic acids is 1. The van der Waals surface area contributed by atoms with Crippen molar-refractivity contribution >= 4 is 17.8 Å². The number of hydrogen-bond acceptors (Lipinski definition) is 8. The number of non-ortho nitro benzene ring substituents is 1. The Morgan fingerprint density at radius 2 is 1.49 bits per heavy atom. The number of rotatable bonds is 13. The molecule has 10 nitrogen and oxygen atoms in total. The van der Waals surface area contributed by atoms with Crippen LogP contribution in [0.3, 0.4) is 0 Å². The van der Waals surface area contributed by atoms with E-state index in [1.807, 2.05) is 37.3 Å². The molecule has 0 heterocycles. The minimum atomic E-state index is -0.448. The molecule has 0 saturated heterocycles. The van der Waals surface area contributed by atoms with Crippen LogP contribution in [0.15, 0.2) is 96.1 Å². The van der Waals surface area contributed by atoms with Crippen LogP contribution in [0.1, 0.15) is 34.0 Å². The van der Waals surface area contributed by atoms with Gasteiger partial charge in [-0.3, -0.25) is 14.9 Å². The Kier molecular flexibility index (Phi) is 9.87. The number of hydrogen-bond donors (Lipinski definition) is 1. The number of hydrazone groups is 1. The highest BCUT2D eigenvalue weighted by Crippen LogP contribution is 2.30. The smallest absolute Gasteiger partial charge is 0.271 e. The fraction of sp³-hybridized carbons (Fsp3) is 0.161. The van der Waals surface area contributed by atoms with Gasteiger partial charge in [0.25, 0.3) is 11.6 Å². The minimum Gasteiger partial charge on any atom is -0.493 e. The maximum atomic E-state index is 12.7. The van der Waals surface area contributed by atoms with Crippen LogP contribution in [0.5, 0.6) is 23.0 Å². The first-order valence-electron chi connectivity index (χ1n) is 12.8. The van der Waals surface area contributed by atoms with Gasteiger partial charge in [0.1, 0.15) is 13.2 Å². The third-order valence-electron chi connectivity index (χ3n) is 5.85. The Hall–Kier alpha value is -5.38. The summed E-state index contributed by atoms with van der Waals surface area (Å²) >= 11 is 0. The van der Waals surface area contributed by atoms with Crippen molar-refractivity contribution in [1.29, 1.82) is 0 Å². The number of methoxy groups -OCH3 is 1. The summed E-state index contributed by atoms with van der Waals surface area (Å²) in [7, 11) is 1.51. The lowest BCUT2D eigenvalue weighted by Gasteiger charge is -2.13. The normalized spacial score (nSPS) is 10.7. The van der Waals surface area contributed by atoms with Gasteiger partial charge in [0, 0.05) is 17.7 Å². The van der Waals surface area contributed by atoms with Gasteiger partial charge in [0.15, 0.2) is 23.0 Å². The minimum absolute atomic E-state index is 0.0171. The molecule has 10 heteroatoms. The number of benzene rings is 4. The van der Waals surface area contributed by atoms with Crippen molar-refractivity contribution in [2.45, 2.75) is 20.1 Å². The van der Waals surface area contributed by atoms with E-state index in [2.05, 4.69) is 10.5 Å². The fourth-order valence-electron chi connectivity index (χ4n) is 3.76. The Morgan fingerprint density at radius 3 is 2.15 bits per heavy atom. The molecule has 0 bridgehead atoms. The van der Waals surface area contributed by atoms with E-state index in [4.69, 9.17) is 18.9 Å². The first-order valence-corrected chi connectivity index (χ1v) is 12.8. The molecule has 1 amide bonds. The number of nitro groups is 1. The van der Waals surface area contributed by atoms with Crippen molar-refractivity contribution in [1.82, 2.24) is 5.43 Å². The van der Waals surface area contributed by atoms with Gasteiger partial charge in [-0.15, -0.1) is 0 Å². The quantitative estimate of drug-likeness (QED) is 0.123. The summed E-state index contributed by atoms with van der Waals surface area (Å²) < 4.78 is 22.8. The molecular formula is C31H29N3O7. The van der Waals surface area contributed by atoms with Crippen LogP contribution in [0.2, 0.25) is 0 Å². The maximum absolute atomic E-state index is 12.7. The zero-order valence-electron chi connectivity index (χ0n) is 22.6. The van der Waals surface area contributed by atoms with Crippen molar-refractivity contribution in [3.63, 3.8) is 0 Å². The van der Waals surface area contributed by atoms with E-state index in [-0.39, 0.29) is 12.3 Å². The number of amides is 1. The summed E-state index contributed by atoms with van der Waals surface area (Å²) in [5, 5.41) is 14.9. The van der Waals surface area contributed by atoms with Crippen molar-refractivity contribution in [2.24, 2.45) is 5.10 Å². The summed E-state index contributed by atoms with van der Waals surface area (Å²) in [6.45, 7) is 2.85. The van der Waals surface area contributed by atoms with E-state index < -0.39 is 10.8 Å². The molecule has 0 unspecified atom stereocenters. The van der Waals surface area contributed by atoms with Gasteiger partial charge in [-0.1, -0.05) is 30.3 Å². The molecule has 0 radical (unpaired) electrons. The predicted molar refractivity (Wildman–Crippen MR) is 154 cm³/mol. The van der Waals surface area contributed by atoms with Crippen molar-refractivity contribution < 1.29 is 28.7 Å². The highest BCUT2D eigenvalue weighted by Gasteiger charge is 2.12. The molecule has 0 aliphatic heterocycles. The van der Waals surface area contributed by atoms with Crippen LogP contribution >= 0.6 is 0 Å². The molecular weight excluding hydrogens is 526 g/mol. The highest BCUT2D eigenvalue weighted by atomic mass is 16.6. The predicted octanol–water partition coefficient (Wildman–Crippen LogP) is 5.92. The van der Waals surface area contributed by atoms with Crippen LogP contribution in [-0.4, -0.2) is 30.8 Å².